The van der Waals surface area contributed by atoms with E-state index < -0.39 is 12.0 Å². The molecular weight excluding hydrogens is 118 g/mol. The molecule has 0 aliphatic heterocycles. The van der Waals surface area contributed by atoms with Crippen molar-refractivity contribution < 1.29 is 9.90 Å². The van der Waals surface area contributed by atoms with Crippen LogP contribution in [0.1, 0.15) is 6.42 Å². The summed E-state index contributed by atoms with van der Waals surface area (Å²) in [6, 6.07) is -0.820. The number of nitrogens with two attached hydrogens (primary N) is 1. The molecule has 0 heterocycles. The van der Waals surface area contributed by atoms with Gasteiger partial charge in [0.1, 0.15) is 6.04 Å². The molecule has 1 unspecified atom stereocenters. The van der Waals surface area contributed by atoms with Crippen molar-refractivity contribution in [2.45, 2.75) is 12.5 Å². The topological polar surface area (TPSA) is 63.3 Å². The highest BCUT2D eigenvalue weighted by Gasteiger charge is 2.07. The molecule has 0 aliphatic rings. The van der Waals surface area contributed by atoms with Gasteiger partial charge in [-0.25, -0.2) is 0 Å². The molecule has 0 fully saturated rings. The second-order valence-electron chi connectivity index (χ2n) is 1.59. The lowest BCUT2D eigenvalue weighted by atomic mass is 10.2. The number of rotatable bonds is 3. The second-order valence-corrected chi connectivity index (χ2v) is 1.59. The predicted octanol–water partition coefficient (Wildman–Crippen LogP) is 0.129. The summed E-state index contributed by atoms with van der Waals surface area (Å²) < 4.78 is 0. The molecule has 0 saturated carbocycles. The van der Waals surface area contributed by atoms with Crippen molar-refractivity contribution >= 4 is 5.97 Å². The Morgan fingerprint density at radius 3 is 2.89 bits per heavy atom. The minimum absolute atomic E-state index is 0.291. The van der Waals surface area contributed by atoms with Gasteiger partial charge < -0.3 is 10.8 Å². The Morgan fingerprint density at radius 2 is 2.56 bits per heavy atom. The van der Waals surface area contributed by atoms with E-state index in [4.69, 9.17) is 10.8 Å². The van der Waals surface area contributed by atoms with E-state index in [9.17, 15) is 4.79 Å². The lowest BCUT2D eigenvalue weighted by Crippen LogP contribution is -2.28. The Bertz CT molecular complexity index is 147. The van der Waals surface area contributed by atoms with Gasteiger partial charge in [0.05, 0.1) is 0 Å². The van der Waals surface area contributed by atoms with E-state index in [-0.39, 0.29) is 0 Å². The van der Waals surface area contributed by atoms with Crippen LogP contribution in [0.2, 0.25) is 0 Å². The van der Waals surface area contributed by atoms with Crippen molar-refractivity contribution in [1.82, 2.24) is 0 Å². The van der Waals surface area contributed by atoms with E-state index in [2.05, 4.69) is 12.3 Å². The molecule has 0 saturated heterocycles. The third-order valence-electron chi connectivity index (χ3n) is 0.833. The molecule has 0 amide bonds. The van der Waals surface area contributed by atoms with Gasteiger partial charge in [0, 0.05) is 0 Å². The summed E-state index contributed by atoms with van der Waals surface area (Å²) in [7, 11) is 0. The van der Waals surface area contributed by atoms with Crippen molar-refractivity contribution in [3.63, 3.8) is 0 Å². The molecule has 0 spiro atoms. The first-order chi connectivity index (χ1) is 4.18. The molecule has 1 atom stereocenters. The summed E-state index contributed by atoms with van der Waals surface area (Å²) >= 11 is 0. The van der Waals surface area contributed by atoms with Gasteiger partial charge in [-0.15, -0.1) is 5.73 Å². The van der Waals surface area contributed by atoms with E-state index >= 15 is 0 Å². The third-order valence-corrected chi connectivity index (χ3v) is 0.833. The Hall–Kier alpha value is -1.05. The maximum atomic E-state index is 10.0. The van der Waals surface area contributed by atoms with Crippen LogP contribution in [0.25, 0.3) is 0 Å². The van der Waals surface area contributed by atoms with Crippen LogP contribution >= 0.6 is 0 Å². The summed E-state index contributed by atoms with van der Waals surface area (Å²) in [6.45, 7) is 3.26. The number of carbonyl (C=O) groups is 1. The SMILES string of the molecule is C=C=CCC(N)C(=O)O. The van der Waals surface area contributed by atoms with E-state index in [0.29, 0.717) is 6.42 Å². The maximum Gasteiger partial charge on any atom is 0.320 e. The summed E-state index contributed by atoms with van der Waals surface area (Å²) in [5.74, 6) is -0.999. The minimum atomic E-state index is -0.999. The molecule has 0 aromatic heterocycles. The largest absolute Gasteiger partial charge is 0.480 e. The van der Waals surface area contributed by atoms with Gasteiger partial charge in [-0.1, -0.05) is 6.58 Å². The average Bonchev–Trinajstić information content (AvgIpc) is 1.82. The van der Waals surface area contributed by atoms with Gasteiger partial charge in [-0.2, -0.15) is 0 Å². The summed E-state index contributed by atoms with van der Waals surface area (Å²) in [6.07, 6.45) is 1.79. The van der Waals surface area contributed by atoms with Gasteiger partial charge in [-0.3, -0.25) is 4.79 Å². The van der Waals surface area contributed by atoms with Gasteiger partial charge in [0.15, 0.2) is 0 Å². The van der Waals surface area contributed by atoms with Gasteiger partial charge in [-0.05, 0) is 12.5 Å². The number of aliphatic carboxylic acids is 1. The van der Waals surface area contributed by atoms with Crippen molar-refractivity contribution in [2.75, 3.05) is 0 Å². The second kappa shape index (κ2) is 3.89. The zero-order valence-corrected chi connectivity index (χ0v) is 5.00. The first kappa shape index (κ1) is 7.95. The van der Waals surface area contributed by atoms with Crippen LogP contribution in [0.15, 0.2) is 18.4 Å². The fourth-order valence-electron chi connectivity index (χ4n) is 0.311. The van der Waals surface area contributed by atoms with Crippen LogP contribution in [0.4, 0.5) is 0 Å². The summed E-state index contributed by atoms with van der Waals surface area (Å²) in [4.78, 5) is 10.0. The van der Waals surface area contributed by atoms with Crippen LogP contribution in [-0.2, 0) is 4.79 Å². The van der Waals surface area contributed by atoms with E-state index in [1.807, 2.05) is 0 Å². The maximum absolute atomic E-state index is 10.0. The standard InChI is InChI=1S/C6H9NO2/c1-2-3-4-5(7)6(8)9/h3,5H,1,4,7H2,(H,8,9). The highest BCUT2D eigenvalue weighted by atomic mass is 16.4. The van der Waals surface area contributed by atoms with Crippen LogP contribution in [0.3, 0.4) is 0 Å². The number of hydrogen-bond donors (Lipinski definition) is 2. The average molecular weight is 127 g/mol. The van der Waals surface area contributed by atoms with E-state index in [1.54, 1.807) is 0 Å². The zero-order chi connectivity index (χ0) is 7.28. The zero-order valence-electron chi connectivity index (χ0n) is 5.00. The van der Waals surface area contributed by atoms with Crippen LogP contribution < -0.4 is 5.73 Å². The number of carboxylic acids is 1. The highest BCUT2D eigenvalue weighted by molar-refractivity contribution is 5.73. The first-order valence-electron chi connectivity index (χ1n) is 2.51. The molecule has 3 heteroatoms. The van der Waals surface area contributed by atoms with Crippen molar-refractivity contribution in [1.29, 1.82) is 0 Å². The highest BCUT2D eigenvalue weighted by Crippen LogP contribution is 1.87. The molecule has 0 aromatic carbocycles. The first-order valence-corrected chi connectivity index (χ1v) is 2.51. The number of hydrogen-bond acceptors (Lipinski definition) is 2. The fraction of sp³-hybridized carbons (Fsp3) is 0.333. The molecule has 3 nitrogen and oxygen atoms in total. The Kier molecular flexibility index (Phi) is 3.44. The number of carboxylic acid groups (broad SMARTS) is 1. The predicted molar refractivity (Wildman–Crippen MR) is 33.9 cm³/mol. The summed E-state index contributed by atoms with van der Waals surface area (Å²) in [5, 5.41) is 8.22. The molecule has 0 rings (SSSR count). The molecule has 3 N–H and O–H groups in total. The van der Waals surface area contributed by atoms with Gasteiger partial charge in [0.25, 0.3) is 0 Å². The fourth-order valence-corrected chi connectivity index (χ4v) is 0.311. The van der Waals surface area contributed by atoms with Crippen LogP contribution in [0, 0.1) is 0 Å². The normalized spacial score (nSPS) is 11.7. The van der Waals surface area contributed by atoms with E-state index in [0.717, 1.165) is 0 Å². The van der Waals surface area contributed by atoms with Crippen molar-refractivity contribution in [3.8, 4) is 0 Å². The molecule has 50 valence electrons. The molecule has 0 bridgehead atoms. The van der Waals surface area contributed by atoms with Crippen LogP contribution in [-0.4, -0.2) is 17.1 Å². The Morgan fingerprint density at radius 1 is 2.00 bits per heavy atom. The van der Waals surface area contributed by atoms with Crippen molar-refractivity contribution in [2.24, 2.45) is 5.73 Å². The minimum Gasteiger partial charge on any atom is -0.480 e. The molecule has 0 aliphatic carbocycles. The monoisotopic (exact) mass is 127 g/mol. The molecular formula is C6H9NO2. The molecule has 9 heavy (non-hydrogen) atoms. The smallest absolute Gasteiger partial charge is 0.320 e. The third kappa shape index (κ3) is 3.53. The van der Waals surface area contributed by atoms with Gasteiger partial charge >= 0.3 is 5.97 Å². The lowest BCUT2D eigenvalue weighted by molar-refractivity contribution is -0.138. The van der Waals surface area contributed by atoms with Gasteiger partial charge in [0.2, 0.25) is 0 Å². The molecule has 0 radical (unpaired) electrons. The lowest BCUT2D eigenvalue weighted by Gasteiger charge is -1.98. The quantitative estimate of drug-likeness (QED) is 0.529. The summed E-state index contributed by atoms with van der Waals surface area (Å²) in [5.41, 5.74) is 7.54. The van der Waals surface area contributed by atoms with Crippen LogP contribution in [0.5, 0.6) is 0 Å². The van der Waals surface area contributed by atoms with Crippen molar-refractivity contribution in [3.05, 3.63) is 18.4 Å². The Labute approximate surface area is 53.5 Å². The van der Waals surface area contributed by atoms with E-state index in [1.165, 1.54) is 6.08 Å². The molecule has 0 aromatic rings. The Balaban J connectivity index is 3.63.